The first-order valence-electron chi connectivity index (χ1n) is 7.47. The van der Waals surface area contributed by atoms with Gasteiger partial charge in [-0.3, -0.25) is 0 Å². The van der Waals surface area contributed by atoms with Crippen molar-refractivity contribution in [3.05, 3.63) is 89.4 Å². The summed E-state index contributed by atoms with van der Waals surface area (Å²) in [5.74, 6) is -1.07. The number of fused-ring (bicyclic) bond motifs is 1. The van der Waals surface area contributed by atoms with E-state index < -0.39 is 11.8 Å². The minimum Gasteiger partial charge on any atom is -0.402 e. The Bertz CT molecular complexity index is 1020. The van der Waals surface area contributed by atoms with Crippen molar-refractivity contribution in [2.75, 3.05) is 0 Å². The van der Waals surface area contributed by atoms with Crippen LogP contribution in [0.1, 0.15) is 11.1 Å². The summed E-state index contributed by atoms with van der Waals surface area (Å²) in [5, 5.41) is 2.08. The molecule has 0 aliphatic carbocycles. The van der Waals surface area contributed by atoms with Gasteiger partial charge in [-0.15, -0.1) is 0 Å². The number of esters is 1. The minimum absolute atomic E-state index is 0.00964. The number of nitrogens with zero attached hydrogens (tertiary/aromatic N) is 1. The predicted molar refractivity (Wildman–Crippen MR) is 91.0 cm³/mol. The van der Waals surface area contributed by atoms with Gasteiger partial charge in [0, 0.05) is 0 Å². The highest BCUT2D eigenvalue weighted by molar-refractivity contribution is 6.13. The highest BCUT2D eigenvalue weighted by Crippen LogP contribution is 2.24. The molecular weight excluding hydrogens is 305 g/mol. The maximum atomic E-state index is 13.8. The largest absolute Gasteiger partial charge is 0.402 e. The van der Waals surface area contributed by atoms with Gasteiger partial charge in [0.2, 0.25) is 5.90 Å². The second kappa shape index (κ2) is 5.74. The number of cyclic esters (lactones) is 1. The highest BCUT2D eigenvalue weighted by Gasteiger charge is 2.25. The molecule has 4 heteroatoms. The predicted octanol–water partition coefficient (Wildman–Crippen LogP) is 4.32. The van der Waals surface area contributed by atoms with Gasteiger partial charge in [-0.05, 0) is 34.5 Å². The third-order valence-electron chi connectivity index (χ3n) is 3.84. The SMILES string of the molecule is O=C1OC(c2ccccc2F)=N/C1=C/c1cccc2ccccc12. The first-order chi connectivity index (χ1) is 11.7. The van der Waals surface area contributed by atoms with Gasteiger partial charge in [0.25, 0.3) is 0 Å². The maximum absolute atomic E-state index is 13.8. The molecule has 1 heterocycles. The molecule has 3 aromatic rings. The summed E-state index contributed by atoms with van der Waals surface area (Å²) >= 11 is 0. The Kier molecular flexibility index (Phi) is 3.43. The second-order valence-electron chi connectivity index (χ2n) is 5.38. The number of carbonyl (C=O) groups excluding carboxylic acids is 1. The fourth-order valence-electron chi connectivity index (χ4n) is 2.68. The van der Waals surface area contributed by atoms with E-state index in [0.29, 0.717) is 0 Å². The molecule has 0 radical (unpaired) electrons. The molecule has 116 valence electrons. The highest BCUT2D eigenvalue weighted by atomic mass is 19.1. The van der Waals surface area contributed by atoms with Crippen LogP contribution < -0.4 is 0 Å². The van der Waals surface area contributed by atoms with Crippen LogP contribution in [0.25, 0.3) is 16.8 Å². The van der Waals surface area contributed by atoms with Crippen LogP contribution in [0, 0.1) is 5.82 Å². The van der Waals surface area contributed by atoms with Gasteiger partial charge in [-0.2, -0.15) is 0 Å². The van der Waals surface area contributed by atoms with Gasteiger partial charge in [0.05, 0.1) is 5.56 Å². The number of hydrogen-bond acceptors (Lipinski definition) is 3. The van der Waals surface area contributed by atoms with Crippen molar-refractivity contribution in [3.63, 3.8) is 0 Å². The molecule has 0 atom stereocenters. The summed E-state index contributed by atoms with van der Waals surface area (Å²) in [6.07, 6.45) is 1.67. The number of aliphatic imine (C=N–C) groups is 1. The Morgan fingerprint density at radius 2 is 1.67 bits per heavy atom. The summed E-state index contributed by atoms with van der Waals surface area (Å²) in [6.45, 7) is 0. The van der Waals surface area contributed by atoms with Crippen LogP contribution in [-0.2, 0) is 9.53 Å². The smallest absolute Gasteiger partial charge is 0.363 e. The normalized spacial score (nSPS) is 15.6. The van der Waals surface area contributed by atoms with Crippen LogP contribution in [0.15, 0.2) is 77.4 Å². The molecule has 1 aliphatic rings. The molecule has 3 nitrogen and oxygen atoms in total. The zero-order valence-electron chi connectivity index (χ0n) is 12.6. The van der Waals surface area contributed by atoms with Crippen molar-refractivity contribution in [2.45, 2.75) is 0 Å². The number of rotatable bonds is 2. The standard InChI is InChI=1S/C20H12FNO2/c21-17-11-4-3-10-16(17)19-22-18(20(23)24-19)12-14-8-5-7-13-6-1-2-9-15(13)14/h1-12H/b18-12+. The van der Waals surface area contributed by atoms with E-state index in [0.717, 1.165) is 16.3 Å². The van der Waals surface area contributed by atoms with Crippen LogP contribution in [0.2, 0.25) is 0 Å². The van der Waals surface area contributed by atoms with E-state index >= 15 is 0 Å². The lowest BCUT2D eigenvalue weighted by Gasteiger charge is -2.01. The zero-order chi connectivity index (χ0) is 16.5. The summed E-state index contributed by atoms with van der Waals surface area (Å²) < 4.78 is 19.0. The molecule has 0 bridgehead atoms. The van der Waals surface area contributed by atoms with E-state index in [2.05, 4.69) is 4.99 Å². The maximum Gasteiger partial charge on any atom is 0.363 e. The van der Waals surface area contributed by atoms with Crippen LogP contribution in [0.4, 0.5) is 4.39 Å². The van der Waals surface area contributed by atoms with Gasteiger partial charge in [-0.25, -0.2) is 14.2 Å². The average Bonchev–Trinajstić information content (AvgIpc) is 2.96. The van der Waals surface area contributed by atoms with E-state index in [1.807, 2.05) is 42.5 Å². The molecule has 0 saturated carbocycles. The van der Waals surface area contributed by atoms with Gasteiger partial charge >= 0.3 is 5.97 Å². The van der Waals surface area contributed by atoms with Gasteiger partial charge in [-0.1, -0.05) is 54.6 Å². The first-order valence-corrected chi connectivity index (χ1v) is 7.47. The molecule has 0 spiro atoms. The Morgan fingerprint density at radius 3 is 2.54 bits per heavy atom. The fourth-order valence-corrected chi connectivity index (χ4v) is 2.68. The lowest BCUT2D eigenvalue weighted by molar-refractivity contribution is -0.129. The molecular formula is C20H12FNO2. The number of carbonyl (C=O) groups is 1. The number of benzene rings is 3. The van der Waals surface area contributed by atoms with E-state index in [9.17, 15) is 9.18 Å². The van der Waals surface area contributed by atoms with Crippen molar-refractivity contribution < 1.29 is 13.9 Å². The molecule has 3 aromatic carbocycles. The molecule has 0 N–H and O–H groups in total. The van der Waals surface area contributed by atoms with E-state index in [1.54, 1.807) is 18.2 Å². The lowest BCUT2D eigenvalue weighted by atomic mass is 10.0. The Hall–Kier alpha value is -3.27. The van der Waals surface area contributed by atoms with Crippen LogP contribution in [0.5, 0.6) is 0 Å². The molecule has 1 aliphatic heterocycles. The first kappa shape index (κ1) is 14.3. The summed E-state index contributed by atoms with van der Waals surface area (Å²) in [6, 6.07) is 19.8. The number of hydrogen-bond donors (Lipinski definition) is 0. The van der Waals surface area contributed by atoms with Gasteiger partial charge < -0.3 is 4.74 Å². The molecule has 24 heavy (non-hydrogen) atoms. The third-order valence-corrected chi connectivity index (χ3v) is 3.84. The van der Waals surface area contributed by atoms with Crippen molar-refractivity contribution in [1.82, 2.24) is 0 Å². The molecule has 4 rings (SSSR count). The van der Waals surface area contributed by atoms with E-state index in [1.165, 1.54) is 12.1 Å². The van der Waals surface area contributed by atoms with E-state index in [4.69, 9.17) is 4.74 Å². The van der Waals surface area contributed by atoms with E-state index in [-0.39, 0.29) is 17.2 Å². The van der Waals surface area contributed by atoms with Crippen molar-refractivity contribution in [1.29, 1.82) is 0 Å². The number of halogens is 1. The van der Waals surface area contributed by atoms with Crippen LogP contribution >= 0.6 is 0 Å². The minimum atomic E-state index is -0.582. The van der Waals surface area contributed by atoms with Crippen LogP contribution in [-0.4, -0.2) is 11.9 Å². The Balaban J connectivity index is 1.80. The Labute approximate surface area is 137 Å². The van der Waals surface area contributed by atoms with Crippen molar-refractivity contribution in [2.24, 2.45) is 4.99 Å². The van der Waals surface area contributed by atoms with Crippen molar-refractivity contribution >= 4 is 28.7 Å². The quantitative estimate of drug-likeness (QED) is 0.521. The second-order valence-corrected chi connectivity index (χ2v) is 5.38. The summed E-state index contributed by atoms with van der Waals surface area (Å²) in [7, 11) is 0. The molecule has 0 saturated heterocycles. The molecule has 0 aromatic heterocycles. The fraction of sp³-hybridized carbons (Fsp3) is 0. The zero-order valence-corrected chi connectivity index (χ0v) is 12.6. The van der Waals surface area contributed by atoms with Gasteiger partial charge in [0.15, 0.2) is 5.70 Å². The number of ether oxygens (including phenoxy) is 1. The molecule has 0 amide bonds. The molecule has 0 unspecified atom stereocenters. The third kappa shape index (κ3) is 2.48. The Morgan fingerprint density at radius 1 is 0.917 bits per heavy atom. The average molecular weight is 317 g/mol. The topological polar surface area (TPSA) is 38.7 Å². The van der Waals surface area contributed by atoms with Crippen LogP contribution in [0.3, 0.4) is 0 Å². The monoisotopic (exact) mass is 317 g/mol. The van der Waals surface area contributed by atoms with Gasteiger partial charge in [0.1, 0.15) is 5.82 Å². The van der Waals surface area contributed by atoms with Crippen molar-refractivity contribution in [3.8, 4) is 0 Å². The molecule has 0 fully saturated rings. The summed E-state index contributed by atoms with van der Waals surface area (Å²) in [4.78, 5) is 16.3. The lowest BCUT2D eigenvalue weighted by Crippen LogP contribution is -2.07. The summed E-state index contributed by atoms with van der Waals surface area (Å²) in [5.41, 5.74) is 1.19.